The number of nitrogens with two attached hydrogens (primary N) is 1. The van der Waals surface area contributed by atoms with Crippen molar-refractivity contribution in [1.29, 1.82) is 0 Å². The summed E-state index contributed by atoms with van der Waals surface area (Å²) in [5.74, 6) is -0.500. The molecule has 3 N–H and O–H groups in total. The molecule has 3 nitrogen and oxygen atoms in total. The van der Waals surface area contributed by atoms with Crippen molar-refractivity contribution in [2.45, 2.75) is 44.1 Å². The highest BCUT2D eigenvalue weighted by Crippen LogP contribution is 2.38. The molecule has 0 atom stereocenters. The first kappa shape index (κ1) is 11.7. The zero-order valence-corrected chi connectivity index (χ0v) is 10.3. The van der Waals surface area contributed by atoms with Crippen molar-refractivity contribution in [1.82, 2.24) is 0 Å². The van der Waals surface area contributed by atoms with Gasteiger partial charge in [-0.2, -0.15) is 0 Å². The molecule has 1 aliphatic carbocycles. The molecule has 96 valence electrons. The van der Waals surface area contributed by atoms with Gasteiger partial charge in [-0.1, -0.05) is 25.3 Å². The molecule has 4 heteroatoms. The van der Waals surface area contributed by atoms with Gasteiger partial charge in [-0.3, -0.25) is 4.79 Å². The lowest BCUT2D eigenvalue weighted by molar-refractivity contribution is -0.115. The van der Waals surface area contributed by atoms with Gasteiger partial charge in [-0.15, -0.1) is 0 Å². The Morgan fingerprint density at radius 2 is 1.94 bits per heavy atom. The summed E-state index contributed by atoms with van der Waals surface area (Å²) in [5, 5.41) is 2.55. The topological polar surface area (TPSA) is 55.1 Å². The van der Waals surface area contributed by atoms with E-state index in [9.17, 15) is 9.18 Å². The van der Waals surface area contributed by atoms with E-state index in [4.69, 9.17) is 5.73 Å². The molecule has 1 saturated carbocycles. The molecule has 0 saturated heterocycles. The summed E-state index contributed by atoms with van der Waals surface area (Å²) in [6.45, 7) is 0. The normalized spacial score (nSPS) is 21.6. The van der Waals surface area contributed by atoms with Crippen LogP contribution in [0.25, 0.3) is 0 Å². The molecule has 1 aromatic carbocycles. The summed E-state index contributed by atoms with van der Waals surface area (Å²) in [6.07, 6.45) is 5.43. The van der Waals surface area contributed by atoms with Crippen LogP contribution in [0, 0.1) is 5.82 Å². The van der Waals surface area contributed by atoms with E-state index in [0.29, 0.717) is 5.69 Å². The Balaban J connectivity index is 2.01. The average molecular weight is 248 g/mol. The Hall–Kier alpha value is -1.42. The third kappa shape index (κ3) is 1.81. The standard InChI is InChI=1S/C14H17FN2O/c15-11-8-10(14(16)4-2-1-3-5-14)6-9-7-12(18)17-13(9)11/h6,8H,1-5,7,16H2,(H,17,18). The minimum Gasteiger partial charge on any atom is -0.323 e. The van der Waals surface area contributed by atoms with E-state index in [2.05, 4.69) is 5.32 Å². The zero-order chi connectivity index (χ0) is 12.8. The molecule has 0 aromatic heterocycles. The van der Waals surface area contributed by atoms with Gasteiger partial charge in [0.25, 0.3) is 0 Å². The van der Waals surface area contributed by atoms with Gasteiger partial charge in [0.15, 0.2) is 0 Å². The quantitative estimate of drug-likeness (QED) is 0.802. The molecule has 3 rings (SSSR count). The number of nitrogens with one attached hydrogen (secondary N) is 1. The van der Waals surface area contributed by atoms with Crippen molar-refractivity contribution in [3.05, 3.63) is 29.1 Å². The van der Waals surface area contributed by atoms with Crippen LogP contribution in [-0.2, 0) is 16.8 Å². The van der Waals surface area contributed by atoms with Gasteiger partial charge in [-0.25, -0.2) is 4.39 Å². The third-order valence-electron chi connectivity index (χ3n) is 4.11. The maximum atomic E-state index is 14.0. The molecule has 0 radical (unpaired) electrons. The van der Waals surface area contributed by atoms with E-state index in [1.54, 1.807) is 0 Å². The van der Waals surface area contributed by atoms with Crippen molar-refractivity contribution in [2.75, 3.05) is 5.32 Å². The highest BCUT2D eigenvalue weighted by molar-refractivity contribution is 5.99. The van der Waals surface area contributed by atoms with Crippen LogP contribution in [0.1, 0.15) is 43.2 Å². The number of fused-ring (bicyclic) bond motifs is 1. The molecule has 1 aliphatic heterocycles. The Labute approximate surface area is 106 Å². The summed E-state index contributed by atoms with van der Waals surface area (Å²) in [5.41, 5.74) is 7.91. The molecule has 2 aliphatic rings. The van der Waals surface area contributed by atoms with E-state index in [0.717, 1.165) is 36.8 Å². The van der Waals surface area contributed by atoms with E-state index in [1.807, 2.05) is 6.07 Å². The Morgan fingerprint density at radius 1 is 1.22 bits per heavy atom. The number of carbonyl (C=O) groups excluding carboxylic acids is 1. The lowest BCUT2D eigenvalue weighted by Crippen LogP contribution is -2.38. The summed E-state index contributed by atoms with van der Waals surface area (Å²) < 4.78 is 14.0. The van der Waals surface area contributed by atoms with Crippen LogP contribution >= 0.6 is 0 Å². The average Bonchev–Trinajstić information content (AvgIpc) is 2.71. The molecular weight excluding hydrogens is 231 g/mol. The van der Waals surface area contributed by atoms with Crippen LogP contribution in [0.4, 0.5) is 10.1 Å². The molecule has 1 aromatic rings. The lowest BCUT2D eigenvalue weighted by atomic mass is 9.77. The largest absolute Gasteiger partial charge is 0.323 e. The van der Waals surface area contributed by atoms with E-state index in [1.165, 1.54) is 12.5 Å². The minimum absolute atomic E-state index is 0.143. The number of carbonyl (C=O) groups is 1. The number of hydrogen-bond donors (Lipinski definition) is 2. The zero-order valence-electron chi connectivity index (χ0n) is 10.3. The molecule has 1 heterocycles. The van der Waals surface area contributed by atoms with Gasteiger partial charge < -0.3 is 11.1 Å². The SMILES string of the molecule is NC1(c2cc(F)c3c(c2)CC(=O)N3)CCCCC1. The van der Waals surface area contributed by atoms with E-state index >= 15 is 0 Å². The maximum Gasteiger partial charge on any atom is 0.228 e. The van der Waals surface area contributed by atoms with Crippen molar-refractivity contribution in [3.63, 3.8) is 0 Å². The summed E-state index contributed by atoms with van der Waals surface area (Å²) >= 11 is 0. The van der Waals surface area contributed by atoms with Crippen molar-refractivity contribution < 1.29 is 9.18 Å². The number of benzene rings is 1. The number of hydrogen-bond acceptors (Lipinski definition) is 2. The molecular formula is C14H17FN2O. The number of rotatable bonds is 1. The lowest BCUT2D eigenvalue weighted by Gasteiger charge is -2.34. The second kappa shape index (κ2) is 4.05. The fourth-order valence-corrected chi connectivity index (χ4v) is 3.06. The van der Waals surface area contributed by atoms with Gasteiger partial charge in [-0.05, 0) is 30.0 Å². The van der Waals surface area contributed by atoms with Crippen LogP contribution in [-0.4, -0.2) is 5.91 Å². The van der Waals surface area contributed by atoms with Gasteiger partial charge >= 0.3 is 0 Å². The molecule has 0 spiro atoms. The Bertz CT molecular complexity index is 507. The van der Waals surface area contributed by atoms with Crippen LogP contribution in [0.5, 0.6) is 0 Å². The molecule has 1 amide bonds. The smallest absolute Gasteiger partial charge is 0.228 e. The predicted molar refractivity (Wildman–Crippen MR) is 67.7 cm³/mol. The summed E-state index contributed by atoms with van der Waals surface area (Å²) in [4.78, 5) is 11.3. The second-order valence-electron chi connectivity index (χ2n) is 5.43. The fourth-order valence-electron chi connectivity index (χ4n) is 3.06. The van der Waals surface area contributed by atoms with Gasteiger partial charge in [0, 0.05) is 5.54 Å². The van der Waals surface area contributed by atoms with Crippen LogP contribution in [0.2, 0.25) is 0 Å². The van der Waals surface area contributed by atoms with E-state index in [-0.39, 0.29) is 18.1 Å². The summed E-state index contributed by atoms with van der Waals surface area (Å²) in [7, 11) is 0. The third-order valence-corrected chi connectivity index (χ3v) is 4.11. The predicted octanol–water partition coefficient (Wildman–Crippen LogP) is 2.44. The highest BCUT2D eigenvalue weighted by Gasteiger charge is 2.32. The second-order valence-corrected chi connectivity index (χ2v) is 5.43. The first-order chi connectivity index (χ1) is 8.58. The fraction of sp³-hybridized carbons (Fsp3) is 0.500. The first-order valence-electron chi connectivity index (χ1n) is 6.50. The van der Waals surface area contributed by atoms with Gasteiger partial charge in [0.2, 0.25) is 5.91 Å². The minimum atomic E-state index is -0.417. The van der Waals surface area contributed by atoms with Crippen molar-refractivity contribution in [3.8, 4) is 0 Å². The van der Waals surface area contributed by atoms with Gasteiger partial charge in [0.05, 0.1) is 12.1 Å². The monoisotopic (exact) mass is 248 g/mol. The number of amides is 1. The Morgan fingerprint density at radius 3 is 2.67 bits per heavy atom. The molecule has 0 unspecified atom stereocenters. The highest BCUT2D eigenvalue weighted by atomic mass is 19.1. The molecule has 1 fully saturated rings. The number of anilines is 1. The molecule has 18 heavy (non-hydrogen) atoms. The maximum absolute atomic E-state index is 14.0. The van der Waals surface area contributed by atoms with Gasteiger partial charge in [0.1, 0.15) is 5.82 Å². The molecule has 0 bridgehead atoms. The van der Waals surface area contributed by atoms with Crippen LogP contribution in [0.3, 0.4) is 0 Å². The van der Waals surface area contributed by atoms with Crippen molar-refractivity contribution >= 4 is 11.6 Å². The summed E-state index contributed by atoms with van der Waals surface area (Å²) in [6, 6.07) is 3.40. The van der Waals surface area contributed by atoms with Crippen LogP contribution < -0.4 is 11.1 Å². The number of halogens is 1. The van der Waals surface area contributed by atoms with E-state index < -0.39 is 5.54 Å². The Kier molecular flexibility index (Phi) is 2.63. The van der Waals surface area contributed by atoms with Crippen LogP contribution in [0.15, 0.2) is 12.1 Å². The van der Waals surface area contributed by atoms with Crippen molar-refractivity contribution in [2.24, 2.45) is 5.73 Å². The first-order valence-corrected chi connectivity index (χ1v) is 6.50.